The molecule has 0 saturated carbocycles. The van der Waals surface area contributed by atoms with Crippen LogP contribution in [0.25, 0.3) is 11.1 Å². The van der Waals surface area contributed by atoms with Gasteiger partial charge in [0.05, 0.1) is 7.11 Å². The van der Waals surface area contributed by atoms with Crippen molar-refractivity contribution in [3.8, 4) is 16.9 Å². The third kappa shape index (κ3) is 3.60. The van der Waals surface area contributed by atoms with E-state index in [0.717, 1.165) is 22.3 Å². The van der Waals surface area contributed by atoms with E-state index in [-0.39, 0.29) is 12.6 Å². The van der Waals surface area contributed by atoms with Gasteiger partial charge in [-0.1, -0.05) is 30.3 Å². The number of amides is 1. The minimum atomic E-state index is -1.23. The van der Waals surface area contributed by atoms with E-state index in [1.807, 2.05) is 48.5 Å². The number of rotatable bonds is 4. The fourth-order valence-electron chi connectivity index (χ4n) is 3.30. The monoisotopic (exact) mass is 390 g/mol. The minimum absolute atomic E-state index is 0.0400. The normalized spacial score (nSPS) is 17.9. The van der Waals surface area contributed by atoms with Crippen LogP contribution >= 0.6 is 0 Å². The zero-order valence-electron chi connectivity index (χ0n) is 15.6. The number of amidine groups is 1. The first-order valence-electron chi connectivity index (χ1n) is 8.84. The summed E-state index contributed by atoms with van der Waals surface area (Å²) in [6.45, 7) is 0.156. The first kappa shape index (κ1) is 18.4. The number of benzene rings is 2. The van der Waals surface area contributed by atoms with Gasteiger partial charge in [-0.15, -0.1) is 0 Å². The average molecular weight is 390 g/mol. The van der Waals surface area contributed by atoms with Gasteiger partial charge in [-0.25, -0.2) is 25.1 Å². The molecular weight excluding hydrogens is 372 g/mol. The Hall–Kier alpha value is -3.94. The maximum Gasteiger partial charge on any atom is 0.412 e. The Labute approximate surface area is 166 Å². The Morgan fingerprint density at radius 2 is 1.86 bits per heavy atom. The van der Waals surface area contributed by atoms with Crippen LogP contribution in [-0.2, 0) is 10.3 Å². The summed E-state index contributed by atoms with van der Waals surface area (Å²) in [6, 6.07) is 15.2. The van der Waals surface area contributed by atoms with Crippen molar-refractivity contribution in [1.29, 1.82) is 0 Å². The maximum absolute atomic E-state index is 11.1. The number of hydrogen-bond donors (Lipinski definition) is 2. The smallest absolute Gasteiger partial charge is 0.412 e. The molecule has 1 atom stereocenters. The summed E-state index contributed by atoms with van der Waals surface area (Å²) in [5.41, 5.74) is 2.58. The van der Waals surface area contributed by atoms with Crippen molar-refractivity contribution in [1.82, 2.24) is 15.3 Å². The van der Waals surface area contributed by atoms with Crippen molar-refractivity contribution in [3.63, 3.8) is 0 Å². The summed E-state index contributed by atoms with van der Waals surface area (Å²) in [6.07, 6.45) is 3.71. The molecule has 0 bridgehead atoms. The van der Waals surface area contributed by atoms with Gasteiger partial charge in [0.25, 0.3) is 6.02 Å². The summed E-state index contributed by atoms with van der Waals surface area (Å²) >= 11 is 0. The van der Waals surface area contributed by atoms with Crippen molar-refractivity contribution >= 4 is 12.1 Å². The molecular formula is C21H18N4O4. The summed E-state index contributed by atoms with van der Waals surface area (Å²) in [5.74, 6) is 0.714. The molecule has 8 nitrogen and oxygen atoms in total. The Morgan fingerprint density at radius 3 is 2.55 bits per heavy atom. The Bertz CT molecular complexity index is 1050. The number of nitrogens with one attached hydrogen (secondary N) is 1. The first-order chi connectivity index (χ1) is 14.1. The lowest BCUT2D eigenvalue weighted by molar-refractivity contribution is 0.195. The predicted octanol–water partition coefficient (Wildman–Crippen LogP) is 3.05. The van der Waals surface area contributed by atoms with Crippen LogP contribution in [0.3, 0.4) is 0 Å². The predicted molar refractivity (Wildman–Crippen MR) is 106 cm³/mol. The lowest BCUT2D eigenvalue weighted by atomic mass is 9.83. The molecule has 0 saturated heterocycles. The second kappa shape index (κ2) is 7.59. The molecule has 0 aliphatic carbocycles. The van der Waals surface area contributed by atoms with Gasteiger partial charge in [0.1, 0.15) is 18.7 Å². The van der Waals surface area contributed by atoms with Crippen LogP contribution in [0, 0.1) is 0 Å². The average Bonchev–Trinajstić information content (AvgIpc) is 3.19. The molecule has 1 aromatic heterocycles. The van der Waals surface area contributed by atoms with Gasteiger partial charge in [-0.3, -0.25) is 0 Å². The van der Waals surface area contributed by atoms with E-state index in [1.54, 1.807) is 19.5 Å². The van der Waals surface area contributed by atoms with Gasteiger partial charge in [0.15, 0.2) is 5.54 Å². The second-order valence-corrected chi connectivity index (χ2v) is 6.43. The maximum atomic E-state index is 11.1. The van der Waals surface area contributed by atoms with Crippen LogP contribution in [-0.4, -0.2) is 40.9 Å². The minimum Gasteiger partial charge on any atom is -0.497 e. The van der Waals surface area contributed by atoms with Crippen molar-refractivity contribution < 1.29 is 19.4 Å². The lowest BCUT2D eigenvalue weighted by Gasteiger charge is -2.26. The molecule has 4 rings (SSSR count). The van der Waals surface area contributed by atoms with E-state index in [0.29, 0.717) is 5.75 Å². The van der Waals surface area contributed by atoms with Crippen molar-refractivity contribution in [2.75, 3.05) is 13.7 Å². The van der Waals surface area contributed by atoms with Crippen molar-refractivity contribution in [2.24, 2.45) is 4.99 Å². The Balaban J connectivity index is 1.83. The van der Waals surface area contributed by atoms with E-state index < -0.39 is 11.6 Å². The highest BCUT2D eigenvalue weighted by Crippen LogP contribution is 2.39. The number of ether oxygens (including phenoxy) is 2. The van der Waals surface area contributed by atoms with E-state index in [9.17, 15) is 4.79 Å². The third-order valence-corrected chi connectivity index (χ3v) is 4.73. The molecule has 2 N–H and O–H groups in total. The first-order valence-corrected chi connectivity index (χ1v) is 8.84. The van der Waals surface area contributed by atoms with Gasteiger partial charge in [-0.2, -0.15) is 0 Å². The molecule has 2 heterocycles. The van der Waals surface area contributed by atoms with Crippen LogP contribution in [0.5, 0.6) is 5.75 Å². The Kier molecular flexibility index (Phi) is 4.82. The molecule has 3 aromatic rings. The van der Waals surface area contributed by atoms with Gasteiger partial charge in [-0.05, 0) is 34.9 Å². The topological polar surface area (TPSA) is 106 Å². The molecule has 0 spiro atoms. The summed E-state index contributed by atoms with van der Waals surface area (Å²) in [5, 5.41) is 11.2. The van der Waals surface area contributed by atoms with E-state index in [2.05, 4.69) is 20.3 Å². The zero-order chi connectivity index (χ0) is 20.3. The molecule has 146 valence electrons. The molecule has 1 aliphatic rings. The van der Waals surface area contributed by atoms with Crippen LogP contribution in [0.2, 0.25) is 0 Å². The molecule has 1 aliphatic heterocycles. The van der Waals surface area contributed by atoms with Gasteiger partial charge in [0.2, 0.25) is 0 Å². The van der Waals surface area contributed by atoms with Gasteiger partial charge < -0.3 is 14.6 Å². The fraction of sp³-hybridized carbons (Fsp3) is 0.143. The number of hydrogen-bond acceptors (Lipinski definition) is 6. The van der Waals surface area contributed by atoms with E-state index in [4.69, 9.17) is 14.6 Å². The Morgan fingerprint density at radius 1 is 1.10 bits per heavy atom. The number of carbonyl (C=O) groups is 1. The summed E-state index contributed by atoms with van der Waals surface area (Å²) in [7, 11) is 1.60. The number of carboxylic acid groups (broad SMARTS) is 1. The highest BCUT2D eigenvalue weighted by atomic mass is 16.5. The number of nitrogens with zero attached hydrogens (tertiary/aromatic N) is 3. The van der Waals surface area contributed by atoms with Crippen LogP contribution in [0.15, 0.2) is 72.2 Å². The molecule has 29 heavy (non-hydrogen) atoms. The van der Waals surface area contributed by atoms with E-state index >= 15 is 0 Å². The highest BCUT2D eigenvalue weighted by Gasteiger charge is 2.41. The molecule has 0 fully saturated rings. The van der Waals surface area contributed by atoms with Crippen molar-refractivity contribution in [3.05, 3.63) is 78.4 Å². The third-order valence-electron chi connectivity index (χ3n) is 4.73. The van der Waals surface area contributed by atoms with Gasteiger partial charge >= 0.3 is 6.09 Å². The largest absolute Gasteiger partial charge is 0.497 e. The lowest BCUT2D eigenvalue weighted by Crippen LogP contribution is -2.28. The second-order valence-electron chi connectivity index (χ2n) is 6.43. The fourth-order valence-corrected chi connectivity index (χ4v) is 3.30. The number of methoxy groups -OCH3 is 1. The van der Waals surface area contributed by atoms with Crippen LogP contribution < -0.4 is 10.1 Å². The van der Waals surface area contributed by atoms with Crippen LogP contribution in [0.4, 0.5) is 4.79 Å². The van der Waals surface area contributed by atoms with E-state index in [1.165, 1.54) is 6.33 Å². The SMILES string of the molecule is COc1ccc(C2(c3cccc(-c4cncnc4)c3)COC(NC(=O)O)=N2)cc1. The summed E-state index contributed by atoms with van der Waals surface area (Å²) < 4.78 is 10.8. The standard InChI is InChI=1S/C21H18N4O4/c1-28-18-7-5-16(6-8-18)21(12-29-19(25-21)24-20(26)27)17-4-2-3-14(9-17)15-10-22-13-23-11-15/h2-11,13H,12H2,1H3,(H,24,25)(H,26,27). The highest BCUT2D eigenvalue weighted by molar-refractivity contribution is 5.91. The number of aromatic nitrogens is 2. The molecule has 1 amide bonds. The molecule has 2 aromatic carbocycles. The molecule has 8 heteroatoms. The molecule has 1 unspecified atom stereocenters. The quantitative estimate of drug-likeness (QED) is 0.709. The summed E-state index contributed by atoms with van der Waals surface area (Å²) in [4.78, 5) is 23.8. The van der Waals surface area contributed by atoms with Crippen molar-refractivity contribution in [2.45, 2.75) is 5.54 Å². The van der Waals surface area contributed by atoms with Crippen LogP contribution in [0.1, 0.15) is 11.1 Å². The molecule has 0 radical (unpaired) electrons. The van der Waals surface area contributed by atoms with Gasteiger partial charge in [0, 0.05) is 18.0 Å². The zero-order valence-corrected chi connectivity index (χ0v) is 15.6. The number of aliphatic imine (C=N–C) groups is 1.